The molecule has 19 heavy (non-hydrogen) atoms. The number of alkyl halides is 3. The quantitative estimate of drug-likeness (QED) is 0.879. The van der Waals surface area contributed by atoms with Crippen LogP contribution in [0, 0.1) is 0 Å². The second-order valence-corrected chi connectivity index (χ2v) is 3.69. The van der Waals surface area contributed by atoms with Gasteiger partial charge in [-0.15, -0.1) is 0 Å². The summed E-state index contributed by atoms with van der Waals surface area (Å²) in [7, 11) is 0. The number of nitrogens with zero attached hydrogens (tertiary/aromatic N) is 2. The van der Waals surface area contributed by atoms with E-state index in [2.05, 4.69) is 10.3 Å². The molecule has 2 amide bonds. The predicted molar refractivity (Wildman–Crippen MR) is 61.8 cm³/mol. The van der Waals surface area contributed by atoms with Crippen molar-refractivity contribution in [3.05, 3.63) is 42.5 Å². The van der Waals surface area contributed by atoms with Crippen LogP contribution in [0.25, 0.3) is 5.69 Å². The van der Waals surface area contributed by atoms with Gasteiger partial charge < -0.3 is 15.6 Å². The molecular formula is C11H9F3N4O. The molecule has 1 heterocycles. The molecule has 0 aliphatic heterocycles. The number of halogens is 3. The average molecular weight is 270 g/mol. The van der Waals surface area contributed by atoms with Crippen LogP contribution in [0.1, 0.15) is 5.56 Å². The van der Waals surface area contributed by atoms with Crippen LogP contribution in [0.4, 0.5) is 23.7 Å². The largest absolute Gasteiger partial charge is 0.418 e. The molecule has 0 aliphatic carbocycles. The van der Waals surface area contributed by atoms with Crippen molar-refractivity contribution in [3.63, 3.8) is 0 Å². The highest BCUT2D eigenvalue weighted by molar-refractivity contribution is 5.88. The number of carbonyl (C=O) groups is 1. The monoisotopic (exact) mass is 270 g/mol. The number of amides is 2. The second kappa shape index (κ2) is 4.63. The first kappa shape index (κ1) is 12.9. The molecule has 0 unspecified atom stereocenters. The van der Waals surface area contributed by atoms with E-state index in [0.29, 0.717) is 0 Å². The van der Waals surface area contributed by atoms with Crippen molar-refractivity contribution in [2.24, 2.45) is 5.73 Å². The third-order valence-corrected chi connectivity index (χ3v) is 2.35. The fourth-order valence-electron chi connectivity index (χ4n) is 1.61. The fraction of sp³-hybridized carbons (Fsp3) is 0.0909. The van der Waals surface area contributed by atoms with Gasteiger partial charge in [0, 0.05) is 18.1 Å². The highest BCUT2D eigenvalue weighted by Crippen LogP contribution is 2.35. The Labute approximate surface area is 105 Å². The minimum atomic E-state index is -4.56. The first-order valence-corrected chi connectivity index (χ1v) is 5.14. The molecule has 2 rings (SSSR count). The summed E-state index contributed by atoms with van der Waals surface area (Å²) in [5, 5.41) is 2.10. The predicted octanol–water partition coefficient (Wildman–Crippen LogP) is 2.38. The maximum atomic E-state index is 13.0. The molecule has 0 spiro atoms. The molecule has 0 bridgehead atoms. The number of carbonyl (C=O) groups excluding carboxylic acids is 1. The van der Waals surface area contributed by atoms with E-state index in [1.54, 1.807) is 0 Å². The van der Waals surface area contributed by atoms with E-state index in [4.69, 9.17) is 5.73 Å². The van der Waals surface area contributed by atoms with Crippen molar-refractivity contribution in [3.8, 4) is 5.69 Å². The lowest BCUT2D eigenvalue weighted by atomic mass is 10.1. The van der Waals surface area contributed by atoms with Gasteiger partial charge in [-0.05, 0) is 18.2 Å². The highest BCUT2D eigenvalue weighted by atomic mass is 19.4. The van der Waals surface area contributed by atoms with Gasteiger partial charge in [0.05, 0.1) is 17.6 Å². The standard InChI is InChI=1S/C11H9F3N4O/c12-11(13,14)8-5-7(17-10(15)19)1-2-9(8)18-4-3-16-6-18/h1-6H,(H3,15,17,19). The van der Waals surface area contributed by atoms with Gasteiger partial charge >= 0.3 is 12.2 Å². The number of imidazole rings is 1. The molecule has 0 radical (unpaired) electrons. The summed E-state index contributed by atoms with van der Waals surface area (Å²) in [6, 6.07) is 2.45. The van der Waals surface area contributed by atoms with Gasteiger partial charge in [-0.25, -0.2) is 9.78 Å². The maximum absolute atomic E-state index is 13.0. The zero-order valence-corrected chi connectivity index (χ0v) is 9.48. The lowest BCUT2D eigenvalue weighted by Gasteiger charge is -2.15. The Balaban J connectivity index is 2.53. The summed E-state index contributed by atoms with van der Waals surface area (Å²) in [4.78, 5) is 14.4. The van der Waals surface area contributed by atoms with Crippen LogP contribution < -0.4 is 11.1 Å². The summed E-state index contributed by atoms with van der Waals surface area (Å²) < 4.78 is 40.2. The first-order chi connectivity index (χ1) is 8.88. The molecule has 1 aromatic carbocycles. The van der Waals surface area contributed by atoms with Crippen molar-refractivity contribution in [2.45, 2.75) is 6.18 Å². The van der Waals surface area contributed by atoms with Gasteiger partial charge in [-0.1, -0.05) is 0 Å². The highest BCUT2D eigenvalue weighted by Gasteiger charge is 2.34. The van der Waals surface area contributed by atoms with E-state index in [-0.39, 0.29) is 11.4 Å². The number of aromatic nitrogens is 2. The number of hydrogen-bond donors (Lipinski definition) is 2. The SMILES string of the molecule is NC(=O)Nc1ccc(-n2ccnc2)c(C(F)(F)F)c1. The van der Waals surface area contributed by atoms with Crippen LogP contribution in [0.5, 0.6) is 0 Å². The number of nitrogens with one attached hydrogen (secondary N) is 1. The summed E-state index contributed by atoms with van der Waals surface area (Å²) in [6.07, 6.45) is -0.540. The van der Waals surface area contributed by atoms with Crippen LogP contribution in [-0.2, 0) is 6.18 Å². The van der Waals surface area contributed by atoms with E-state index < -0.39 is 17.8 Å². The van der Waals surface area contributed by atoms with E-state index >= 15 is 0 Å². The Morgan fingerprint density at radius 1 is 1.37 bits per heavy atom. The zero-order valence-electron chi connectivity index (χ0n) is 9.48. The smallest absolute Gasteiger partial charge is 0.351 e. The topological polar surface area (TPSA) is 72.9 Å². The molecule has 8 heteroatoms. The molecule has 2 aromatic rings. The minimum Gasteiger partial charge on any atom is -0.351 e. The molecule has 0 atom stereocenters. The Bertz CT molecular complexity index is 592. The van der Waals surface area contributed by atoms with E-state index in [1.807, 2.05) is 0 Å². The number of urea groups is 1. The molecule has 0 fully saturated rings. The maximum Gasteiger partial charge on any atom is 0.418 e. The number of nitrogens with two attached hydrogens (primary N) is 1. The second-order valence-electron chi connectivity index (χ2n) is 3.69. The van der Waals surface area contributed by atoms with Gasteiger partial charge in [-0.2, -0.15) is 13.2 Å². The Morgan fingerprint density at radius 3 is 2.63 bits per heavy atom. The molecular weight excluding hydrogens is 261 g/mol. The Hall–Kier alpha value is -2.51. The number of rotatable bonds is 2. The van der Waals surface area contributed by atoms with Crippen LogP contribution in [-0.4, -0.2) is 15.6 Å². The average Bonchev–Trinajstić information content (AvgIpc) is 2.80. The number of primary amides is 1. The van der Waals surface area contributed by atoms with Gasteiger partial charge in [0.15, 0.2) is 0 Å². The molecule has 100 valence electrons. The normalized spacial score (nSPS) is 11.3. The van der Waals surface area contributed by atoms with Gasteiger partial charge in [0.25, 0.3) is 0 Å². The lowest BCUT2D eigenvalue weighted by molar-refractivity contribution is -0.137. The molecule has 5 nitrogen and oxygen atoms in total. The molecule has 0 saturated carbocycles. The van der Waals surface area contributed by atoms with Crippen LogP contribution >= 0.6 is 0 Å². The molecule has 1 aromatic heterocycles. The van der Waals surface area contributed by atoms with Crippen LogP contribution in [0.2, 0.25) is 0 Å². The van der Waals surface area contributed by atoms with E-state index in [0.717, 1.165) is 6.07 Å². The Morgan fingerprint density at radius 2 is 2.11 bits per heavy atom. The Kier molecular flexibility index (Phi) is 3.16. The third-order valence-electron chi connectivity index (χ3n) is 2.35. The minimum absolute atomic E-state index is 0.0244. The summed E-state index contributed by atoms with van der Waals surface area (Å²) >= 11 is 0. The van der Waals surface area contributed by atoms with Crippen molar-refractivity contribution in [1.29, 1.82) is 0 Å². The number of anilines is 1. The van der Waals surface area contributed by atoms with E-state index in [1.165, 1.54) is 35.4 Å². The summed E-state index contributed by atoms with van der Waals surface area (Å²) in [6.45, 7) is 0. The van der Waals surface area contributed by atoms with Crippen molar-refractivity contribution >= 4 is 11.7 Å². The lowest BCUT2D eigenvalue weighted by Crippen LogP contribution is -2.20. The number of benzene rings is 1. The first-order valence-electron chi connectivity index (χ1n) is 5.14. The molecule has 0 saturated heterocycles. The van der Waals surface area contributed by atoms with E-state index in [9.17, 15) is 18.0 Å². The summed E-state index contributed by atoms with van der Waals surface area (Å²) in [5.41, 5.74) is 3.87. The van der Waals surface area contributed by atoms with Crippen molar-refractivity contribution in [1.82, 2.24) is 9.55 Å². The summed E-state index contributed by atoms with van der Waals surface area (Å²) in [5.74, 6) is 0. The van der Waals surface area contributed by atoms with Crippen molar-refractivity contribution in [2.75, 3.05) is 5.32 Å². The molecule has 3 N–H and O–H groups in total. The third kappa shape index (κ3) is 2.84. The van der Waals surface area contributed by atoms with Crippen LogP contribution in [0.3, 0.4) is 0 Å². The van der Waals surface area contributed by atoms with Gasteiger partial charge in [0.2, 0.25) is 0 Å². The number of hydrogen-bond acceptors (Lipinski definition) is 2. The van der Waals surface area contributed by atoms with Crippen molar-refractivity contribution < 1.29 is 18.0 Å². The van der Waals surface area contributed by atoms with Gasteiger partial charge in [0.1, 0.15) is 0 Å². The zero-order chi connectivity index (χ0) is 14.0. The van der Waals surface area contributed by atoms with Crippen LogP contribution in [0.15, 0.2) is 36.9 Å². The fourth-order valence-corrected chi connectivity index (χ4v) is 1.61. The molecule has 0 aliphatic rings. The van der Waals surface area contributed by atoms with Gasteiger partial charge in [-0.3, -0.25) is 0 Å².